The summed E-state index contributed by atoms with van der Waals surface area (Å²) in [5.74, 6) is -5.38. The third-order valence-electron chi connectivity index (χ3n) is 13.9. The molecule has 1 saturated carbocycles. The molecule has 4 aromatic heterocycles. The van der Waals surface area contributed by atoms with Gasteiger partial charge in [-0.2, -0.15) is 9.49 Å². The molecule has 6 heterocycles. The van der Waals surface area contributed by atoms with Gasteiger partial charge in [0.15, 0.2) is 17.4 Å². The highest BCUT2D eigenvalue weighted by Gasteiger charge is 2.31. The highest BCUT2D eigenvalue weighted by molar-refractivity contribution is 6.00. The van der Waals surface area contributed by atoms with Crippen LogP contribution in [0.4, 0.5) is 19.1 Å². The Kier molecular flexibility index (Phi) is 13.5. The standard InChI is InChI=1S/C52H53F3N10O5/c1-69-39-12-6-34(7-13-39)31-70-49-42(53)25-41(47(54)48(49)55)50(67)57-26-33-4-10-38(11-5-33)65-30-36-9-8-35(24-43(36)61-65)37-27-58-52(59-28-37)63-21-19-62(20-22-63)17-2-3-32-16-18-64-44(29-56-45(64)23-32)40-14-15-46(66)60-51(40)68/h6-9,12-13,16,18,23-25,27-30,33,38,40H,2-5,10-11,14-15,17,19-22,26,31H2,1H3,(H,57,67)(H,60,66,68)/t33-,38-,40?. The molecule has 3 aromatic carbocycles. The van der Waals surface area contributed by atoms with Crippen molar-refractivity contribution in [2.75, 3.05) is 51.3 Å². The number of carbonyl (C=O) groups is 3. The molecule has 362 valence electrons. The van der Waals surface area contributed by atoms with Crippen LogP contribution in [-0.2, 0) is 22.6 Å². The smallest absolute Gasteiger partial charge is 0.254 e. The third-order valence-corrected chi connectivity index (χ3v) is 13.9. The van der Waals surface area contributed by atoms with Crippen molar-refractivity contribution in [2.45, 2.75) is 69.9 Å². The number of imide groups is 1. The van der Waals surface area contributed by atoms with Crippen LogP contribution in [0.2, 0.25) is 0 Å². The molecule has 1 aliphatic carbocycles. The number of piperazine rings is 1. The third kappa shape index (κ3) is 10.0. The van der Waals surface area contributed by atoms with Crippen LogP contribution in [0.3, 0.4) is 0 Å². The Morgan fingerprint density at radius 2 is 1.63 bits per heavy atom. The fourth-order valence-electron chi connectivity index (χ4n) is 9.84. The average molecular weight is 955 g/mol. The molecule has 0 radical (unpaired) electrons. The highest BCUT2D eigenvalue weighted by Crippen LogP contribution is 2.34. The summed E-state index contributed by atoms with van der Waals surface area (Å²) >= 11 is 0. The summed E-state index contributed by atoms with van der Waals surface area (Å²) in [6.07, 6.45) is 15.5. The summed E-state index contributed by atoms with van der Waals surface area (Å²) in [7, 11) is 1.52. The first kappa shape index (κ1) is 46.4. The van der Waals surface area contributed by atoms with E-state index in [4.69, 9.17) is 24.5 Å². The molecule has 15 nitrogen and oxygen atoms in total. The predicted molar refractivity (Wildman–Crippen MR) is 255 cm³/mol. The second kappa shape index (κ2) is 20.3. The monoisotopic (exact) mass is 954 g/mol. The molecule has 10 rings (SSSR count). The largest absolute Gasteiger partial charge is 0.497 e. The molecule has 70 heavy (non-hydrogen) atoms. The minimum absolute atomic E-state index is 0.113. The van der Waals surface area contributed by atoms with E-state index in [0.717, 1.165) is 105 Å². The van der Waals surface area contributed by atoms with Crippen LogP contribution in [-0.4, -0.2) is 98.1 Å². The van der Waals surface area contributed by atoms with Crippen molar-refractivity contribution < 1.29 is 37.0 Å². The first-order chi connectivity index (χ1) is 34.1. The number of carbonyl (C=O) groups excluding carboxylic acids is 3. The van der Waals surface area contributed by atoms with Gasteiger partial charge < -0.3 is 24.1 Å². The molecule has 1 atom stereocenters. The van der Waals surface area contributed by atoms with Crippen molar-refractivity contribution in [1.29, 1.82) is 0 Å². The maximum absolute atomic E-state index is 15.0. The van der Waals surface area contributed by atoms with E-state index in [1.54, 1.807) is 30.5 Å². The molecule has 3 fully saturated rings. The molecule has 18 heteroatoms. The molecule has 1 unspecified atom stereocenters. The lowest BCUT2D eigenvalue weighted by Gasteiger charge is -2.34. The van der Waals surface area contributed by atoms with E-state index >= 15 is 4.39 Å². The molecular formula is C52H53F3N10O5. The van der Waals surface area contributed by atoms with Crippen LogP contribution in [0, 0.1) is 23.4 Å². The summed E-state index contributed by atoms with van der Waals surface area (Å²) in [5.41, 5.74) is 5.45. The highest BCUT2D eigenvalue weighted by atomic mass is 19.2. The molecule has 2 aliphatic heterocycles. The number of fused-ring (bicyclic) bond motifs is 2. The fourth-order valence-corrected chi connectivity index (χ4v) is 9.84. The summed E-state index contributed by atoms with van der Waals surface area (Å²) in [6, 6.07) is 17.8. The number of anilines is 1. The fraction of sp³-hybridized carbons (Fsp3) is 0.365. The number of rotatable bonds is 15. The Hall–Kier alpha value is -7.34. The van der Waals surface area contributed by atoms with E-state index in [9.17, 15) is 23.2 Å². The maximum Gasteiger partial charge on any atom is 0.254 e. The number of pyridine rings is 1. The maximum atomic E-state index is 15.0. The lowest BCUT2D eigenvalue weighted by molar-refractivity contribution is -0.134. The molecule has 0 spiro atoms. The van der Waals surface area contributed by atoms with Crippen LogP contribution in [0.25, 0.3) is 27.7 Å². The second-order valence-electron chi connectivity index (χ2n) is 18.4. The number of hydrogen-bond acceptors (Lipinski definition) is 11. The van der Waals surface area contributed by atoms with Gasteiger partial charge in [0, 0.05) is 81.1 Å². The number of piperidine rings is 1. The van der Waals surface area contributed by atoms with Gasteiger partial charge in [-0.05, 0) is 110 Å². The molecule has 2 N–H and O–H groups in total. The summed E-state index contributed by atoms with van der Waals surface area (Å²) < 4.78 is 59.2. The van der Waals surface area contributed by atoms with E-state index in [2.05, 4.69) is 61.9 Å². The summed E-state index contributed by atoms with van der Waals surface area (Å²) in [5, 5.41) is 11.1. The number of halogens is 3. The molecular weight excluding hydrogens is 902 g/mol. The SMILES string of the molecule is COc1ccc(COc2c(F)cc(C(=O)NC[C@H]3CC[C@H](n4cc5ccc(-c6cnc(N7CCN(CCCc8ccn9c(C%10CCC(=O)NC%10=O)cnc9c8)CC7)nc6)cc5n4)CC3)c(F)c2F)cc1. The van der Waals surface area contributed by atoms with Crippen LogP contribution >= 0.6 is 0 Å². The number of amides is 3. The number of imidazole rings is 1. The van der Waals surface area contributed by atoms with Crippen LogP contribution < -0.4 is 25.0 Å². The van der Waals surface area contributed by atoms with Gasteiger partial charge >= 0.3 is 0 Å². The normalized spacial score (nSPS) is 18.9. The van der Waals surface area contributed by atoms with Crippen molar-refractivity contribution in [3.63, 3.8) is 0 Å². The Bertz CT molecular complexity index is 3040. The average Bonchev–Trinajstić information content (AvgIpc) is 4.01. The first-order valence-corrected chi connectivity index (χ1v) is 23.9. The summed E-state index contributed by atoms with van der Waals surface area (Å²) in [4.78, 5) is 55.7. The van der Waals surface area contributed by atoms with Crippen LogP contribution in [0.1, 0.15) is 84.1 Å². The van der Waals surface area contributed by atoms with Crippen molar-refractivity contribution in [3.8, 4) is 22.6 Å². The van der Waals surface area contributed by atoms with Crippen LogP contribution in [0.15, 0.2) is 91.6 Å². The van der Waals surface area contributed by atoms with E-state index in [1.165, 1.54) is 12.7 Å². The van der Waals surface area contributed by atoms with Crippen LogP contribution in [0.5, 0.6) is 11.5 Å². The lowest BCUT2D eigenvalue weighted by Crippen LogP contribution is -2.47. The Balaban J connectivity index is 0.663. The Morgan fingerprint density at radius 3 is 2.39 bits per heavy atom. The lowest BCUT2D eigenvalue weighted by atomic mass is 9.86. The molecule has 3 aliphatic rings. The number of aromatic nitrogens is 6. The number of hydrogen-bond donors (Lipinski definition) is 2. The molecule has 7 aromatic rings. The van der Waals surface area contributed by atoms with Crippen molar-refractivity contribution in [1.82, 2.24) is 44.7 Å². The van der Waals surface area contributed by atoms with Gasteiger partial charge in [0.05, 0.1) is 35.8 Å². The van der Waals surface area contributed by atoms with E-state index in [0.29, 0.717) is 36.2 Å². The minimum Gasteiger partial charge on any atom is -0.497 e. The number of aryl methyl sites for hydroxylation is 1. The molecule has 2 saturated heterocycles. The van der Waals surface area contributed by atoms with Crippen molar-refractivity contribution in [2.24, 2.45) is 5.92 Å². The van der Waals surface area contributed by atoms with Gasteiger partial charge in [-0.3, -0.25) is 29.3 Å². The summed E-state index contributed by atoms with van der Waals surface area (Å²) in [6.45, 7) is 4.53. The van der Waals surface area contributed by atoms with Gasteiger partial charge in [0.25, 0.3) is 5.91 Å². The van der Waals surface area contributed by atoms with E-state index in [1.807, 2.05) is 27.7 Å². The van der Waals surface area contributed by atoms with Gasteiger partial charge in [0.1, 0.15) is 18.0 Å². The zero-order valence-corrected chi connectivity index (χ0v) is 38.8. The number of nitrogens with one attached hydrogen (secondary N) is 2. The Labute approximate surface area is 402 Å². The van der Waals surface area contributed by atoms with Gasteiger partial charge in [0.2, 0.25) is 23.6 Å². The van der Waals surface area contributed by atoms with Crippen molar-refractivity contribution >= 4 is 40.2 Å². The number of methoxy groups -OCH3 is 1. The van der Waals surface area contributed by atoms with E-state index in [-0.39, 0.29) is 42.8 Å². The predicted octanol–water partition coefficient (Wildman–Crippen LogP) is 7.58. The zero-order chi connectivity index (χ0) is 48.3. The Morgan fingerprint density at radius 1 is 0.843 bits per heavy atom. The zero-order valence-electron chi connectivity index (χ0n) is 38.8. The van der Waals surface area contributed by atoms with E-state index < -0.39 is 34.7 Å². The topological polar surface area (TPSA) is 161 Å². The van der Waals surface area contributed by atoms with Gasteiger partial charge in [-0.1, -0.05) is 24.3 Å². The quantitative estimate of drug-likeness (QED) is 0.0770. The minimum atomic E-state index is -1.55. The molecule has 0 bridgehead atoms. The van der Waals surface area contributed by atoms with Gasteiger partial charge in [-0.25, -0.2) is 23.7 Å². The number of benzene rings is 3. The van der Waals surface area contributed by atoms with Crippen molar-refractivity contribution in [3.05, 3.63) is 131 Å². The number of ether oxygens (including phenoxy) is 2. The number of nitrogens with zero attached hydrogens (tertiary/aromatic N) is 8. The second-order valence-corrected chi connectivity index (χ2v) is 18.4. The molecule has 3 amide bonds. The van der Waals surface area contributed by atoms with Gasteiger partial charge in [-0.15, -0.1) is 0 Å². The first-order valence-electron chi connectivity index (χ1n) is 23.9.